The molecule has 2 heterocycles. The summed E-state index contributed by atoms with van der Waals surface area (Å²) in [5.74, 6) is 0. The first-order valence-corrected chi connectivity index (χ1v) is 4.21. The zero-order valence-corrected chi connectivity index (χ0v) is 7.72. The molecule has 4 heteroatoms. The van der Waals surface area contributed by atoms with E-state index in [0.717, 1.165) is 5.39 Å². The van der Waals surface area contributed by atoms with Gasteiger partial charge < -0.3 is 4.98 Å². The molecule has 0 bridgehead atoms. The van der Waals surface area contributed by atoms with Crippen molar-refractivity contribution >= 4 is 22.6 Å². The second-order valence-corrected chi connectivity index (χ2v) is 3.24. The van der Waals surface area contributed by atoms with Gasteiger partial charge in [0.1, 0.15) is 10.8 Å². The van der Waals surface area contributed by atoms with Crippen LogP contribution in [0.2, 0.25) is 5.15 Å². The smallest absolute Gasteiger partial charge is 0.252 e. The molecule has 0 unspecified atom stereocenters. The molecular weight excluding hydrogens is 188 g/mol. The van der Waals surface area contributed by atoms with Crippen LogP contribution in [0.1, 0.15) is 5.56 Å². The van der Waals surface area contributed by atoms with Gasteiger partial charge in [0.25, 0.3) is 5.56 Å². The van der Waals surface area contributed by atoms with Gasteiger partial charge in [-0.1, -0.05) is 11.6 Å². The minimum atomic E-state index is -0.123. The number of hydrogen-bond acceptors (Lipinski definition) is 2. The van der Waals surface area contributed by atoms with E-state index in [1.54, 1.807) is 19.1 Å². The summed E-state index contributed by atoms with van der Waals surface area (Å²) in [7, 11) is 0. The van der Waals surface area contributed by atoms with Crippen LogP contribution in [0.5, 0.6) is 0 Å². The van der Waals surface area contributed by atoms with Crippen molar-refractivity contribution in [1.29, 1.82) is 0 Å². The third-order valence-corrected chi connectivity index (χ3v) is 2.07. The fourth-order valence-electron chi connectivity index (χ4n) is 1.17. The lowest BCUT2D eigenvalue weighted by atomic mass is 10.2. The van der Waals surface area contributed by atoms with Crippen molar-refractivity contribution in [2.45, 2.75) is 6.92 Å². The van der Waals surface area contributed by atoms with Gasteiger partial charge in [-0.2, -0.15) is 0 Å². The number of hydrogen-bond donors (Lipinski definition) is 1. The van der Waals surface area contributed by atoms with Gasteiger partial charge in [0.2, 0.25) is 0 Å². The molecule has 13 heavy (non-hydrogen) atoms. The molecular formula is C9H7ClN2O. The van der Waals surface area contributed by atoms with Crippen LogP contribution in [0, 0.1) is 6.92 Å². The summed E-state index contributed by atoms with van der Waals surface area (Å²) in [4.78, 5) is 17.8. The van der Waals surface area contributed by atoms with E-state index in [0.29, 0.717) is 16.4 Å². The number of aryl methyl sites for hydroxylation is 1. The summed E-state index contributed by atoms with van der Waals surface area (Å²) in [6, 6.07) is 5.31. The van der Waals surface area contributed by atoms with Gasteiger partial charge in [-0.3, -0.25) is 4.79 Å². The molecule has 2 aromatic heterocycles. The molecule has 2 aromatic rings. The Labute approximate surface area is 79.4 Å². The van der Waals surface area contributed by atoms with Gasteiger partial charge in [0.15, 0.2) is 0 Å². The minimum Gasteiger partial charge on any atom is -0.306 e. The summed E-state index contributed by atoms with van der Waals surface area (Å²) >= 11 is 5.68. The molecule has 66 valence electrons. The maximum atomic E-state index is 11.2. The molecule has 2 rings (SSSR count). The van der Waals surface area contributed by atoms with Crippen molar-refractivity contribution < 1.29 is 0 Å². The van der Waals surface area contributed by atoms with E-state index in [4.69, 9.17) is 11.6 Å². The summed E-state index contributed by atoms with van der Waals surface area (Å²) in [6.45, 7) is 1.76. The standard InChI is InChI=1S/C9H7ClN2O/c1-5-4-6-2-3-7(10)11-8(6)12-9(5)13/h2-4H,1H3,(H,11,12,13). The van der Waals surface area contributed by atoms with Crippen LogP contribution in [0.25, 0.3) is 11.0 Å². The maximum Gasteiger partial charge on any atom is 0.252 e. The molecule has 0 aromatic carbocycles. The van der Waals surface area contributed by atoms with Crippen molar-refractivity contribution in [2.24, 2.45) is 0 Å². The Morgan fingerprint density at radius 1 is 1.46 bits per heavy atom. The quantitative estimate of drug-likeness (QED) is 0.651. The maximum absolute atomic E-state index is 11.2. The van der Waals surface area contributed by atoms with Gasteiger partial charge in [0, 0.05) is 10.9 Å². The first kappa shape index (κ1) is 8.26. The number of nitrogens with one attached hydrogen (secondary N) is 1. The zero-order chi connectivity index (χ0) is 9.42. The third kappa shape index (κ3) is 1.42. The SMILES string of the molecule is Cc1cc2ccc(Cl)nc2[nH]c1=O. The predicted octanol–water partition coefficient (Wildman–Crippen LogP) is 1.88. The highest BCUT2D eigenvalue weighted by Crippen LogP contribution is 2.12. The number of nitrogens with zero attached hydrogens (tertiary/aromatic N) is 1. The van der Waals surface area contributed by atoms with E-state index in [2.05, 4.69) is 9.97 Å². The highest BCUT2D eigenvalue weighted by atomic mass is 35.5. The lowest BCUT2D eigenvalue weighted by Crippen LogP contribution is -2.09. The average molecular weight is 195 g/mol. The average Bonchev–Trinajstić information content (AvgIpc) is 2.08. The number of pyridine rings is 2. The van der Waals surface area contributed by atoms with Gasteiger partial charge in [-0.15, -0.1) is 0 Å². The number of aromatic amines is 1. The summed E-state index contributed by atoms with van der Waals surface area (Å²) in [5.41, 5.74) is 1.09. The second-order valence-electron chi connectivity index (χ2n) is 2.85. The topological polar surface area (TPSA) is 45.8 Å². The largest absolute Gasteiger partial charge is 0.306 e. The molecule has 0 aliphatic carbocycles. The second kappa shape index (κ2) is 2.85. The van der Waals surface area contributed by atoms with Crippen molar-refractivity contribution in [3.05, 3.63) is 39.3 Å². The molecule has 1 N–H and O–H groups in total. The fraction of sp³-hybridized carbons (Fsp3) is 0.111. The number of aromatic nitrogens is 2. The van der Waals surface area contributed by atoms with E-state index < -0.39 is 0 Å². The van der Waals surface area contributed by atoms with Gasteiger partial charge in [-0.25, -0.2) is 4.98 Å². The highest BCUT2D eigenvalue weighted by molar-refractivity contribution is 6.29. The van der Waals surface area contributed by atoms with E-state index in [1.165, 1.54) is 0 Å². The molecule has 0 amide bonds. The molecule has 0 spiro atoms. The summed E-state index contributed by atoms with van der Waals surface area (Å²) < 4.78 is 0. The Hall–Kier alpha value is -1.35. The lowest BCUT2D eigenvalue weighted by Gasteiger charge is -1.98. The number of halogens is 1. The monoisotopic (exact) mass is 194 g/mol. The zero-order valence-electron chi connectivity index (χ0n) is 6.97. The molecule has 0 aliphatic rings. The first-order chi connectivity index (χ1) is 6.16. The Morgan fingerprint density at radius 2 is 2.23 bits per heavy atom. The fourth-order valence-corrected chi connectivity index (χ4v) is 1.32. The predicted molar refractivity (Wildman–Crippen MR) is 52.1 cm³/mol. The van der Waals surface area contributed by atoms with Gasteiger partial charge in [0.05, 0.1) is 0 Å². The molecule has 0 atom stereocenters. The van der Waals surface area contributed by atoms with Gasteiger partial charge in [-0.05, 0) is 25.1 Å². The van der Waals surface area contributed by atoms with Crippen LogP contribution in [0.3, 0.4) is 0 Å². The Kier molecular flexibility index (Phi) is 1.81. The lowest BCUT2D eigenvalue weighted by molar-refractivity contribution is 1.19. The van der Waals surface area contributed by atoms with Crippen LogP contribution in [0.4, 0.5) is 0 Å². The third-order valence-electron chi connectivity index (χ3n) is 1.85. The molecule has 0 fully saturated rings. The van der Waals surface area contributed by atoms with Crippen LogP contribution in [-0.4, -0.2) is 9.97 Å². The van der Waals surface area contributed by atoms with Crippen molar-refractivity contribution in [3.63, 3.8) is 0 Å². The van der Waals surface area contributed by atoms with E-state index >= 15 is 0 Å². The van der Waals surface area contributed by atoms with E-state index in [1.807, 2.05) is 6.07 Å². The number of rotatable bonds is 0. The van der Waals surface area contributed by atoms with Crippen molar-refractivity contribution in [3.8, 4) is 0 Å². The molecule has 0 aliphatic heterocycles. The summed E-state index contributed by atoms with van der Waals surface area (Å²) in [6.07, 6.45) is 0. The molecule has 3 nitrogen and oxygen atoms in total. The molecule has 0 saturated heterocycles. The Bertz CT molecular complexity index is 518. The number of H-pyrrole nitrogens is 1. The van der Waals surface area contributed by atoms with E-state index in [9.17, 15) is 4.79 Å². The van der Waals surface area contributed by atoms with E-state index in [-0.39, 0.29) is 5.56 Å². The Morgan fingerprint density at radius 3 is 3.00 bits per heavy atom. The number of fused-ring (bicyclic) bond motifs is 1. The normalized spacial score (nSPS) is 10.6. The van der Waals surface area contributed by atoms with Crippen LogP contribution >= 0.6 is 11.6 Å². The van der Waals surface area contributed by atoms with Crippen molar-refractivity contribution in [1.82, 2.24) is 9.97 Å². The summed E-state index contributed by atoms with van der Waals surface area (Å²) in [5, 5.41) is 1.27. The van der Waals surface area contributed by atoms with Crippen LogP contribution < -0.4 is 5.56 Å². The van der Waals surface area contributed by atoms with Gasteiger partial charge >= 0.3 is 0 Å². The Balaban J connectivity index is 2.89. The van der Waals surface area contributed by atoms with Crippen LogP contribution in [0.15, 0.2) is 23.0 Å². The minimum absolute atomic E-state index is 0.123. The van der Waals surface area contributed by atoms with Crippen molar-refractivity contribution in [2.75, 3.05) is 0 Å². The molecule has 0 radical (unpaired) electrons. The highest BCUT2D eigenvalue weighted by Gasteiger charge is 1.99. The van der Waals surface area contributed by atoms with Crippen LogP contribution in [-0.2, 0) is 0 Å². The molecule has 0 saturated carbocycles. The first-order valence-electron chi connectivity index (χ1n) is 3.83.